The summed E-state index contributed by atoms with van der Waals surface area (Å²) in [6.45, 7) is 0. The molecule has 9 nitrogen and oxygen atoms in total. The van der Waals surface area contributed by atoms with Gasteiger partial charge in [-0.2, -0.15) is 0 Å². The average Bonchev–Trinajstić information content (AvgIpc) is 3.26. The molecular formula is C20H21N3O6S2. The van der Waals surface area contributed by atoms with Gasteiger partial charge in [0.1, 0.15) is 11.5 Å². The van der Waals surface area contributed by atoms with E-state index in [0.717, 1.165) is 10.0 Å². The van der Waals surface area contributed by atoms with Crippen LogP contribution in [0.15, 0.2) is 52.7 Å². The molecule has 0 unspecified atom stereocenters. The normalized spacial score (nSPS) is 11.4. The molecule has 1 aromatic heterocycles. The second-order valence-corrected chi connectivity index (χ2v) is 8.97. The lowest BCUT2D eigenvalue weighted by Gasteiger charge is -2.14. The van der Waals surface area contributed by atoms with Gasteiger partial charge in [0.25, 0.3) is 15.9 Å². The van der Waals surface area contributed by atoms with E-state index in [1.165, 1.54) is 49.8 Å². The van der Waals surface area contributed by atoms with Gasteiger partial charge in [-0.3, -0.25) is 14.9 Å². The SMILES string of the molecule is COc1ccc(OC)c(-c2csc(NC(=O)c3ccc(S(=O)(=O)N(C)OC)cc3)n2)c1. The lowest BCUT2D eigenvalue weighted by molar-refractivity contribution is -0.0258. The Morgan fingerprint density at radius 3 is 2.39 bits per heavy atom. The maximum atomic E-state index is 12.6. The Labute approximate surface area is 184 Å². The molecule has 0 saturated heterocycles. The molecule has 164 valence electrons. The topological polar surface area (TPSA) is 107 Å². The minimum absolute atomic E-state index is 0.00931. The maximum Gasteiger partial charge on any atom is 0.264 e. The van der Waals surface area contributed by atoms with Gasteiger partial charge in [-0.15, -0.1) is 11.3 Å². The van der Waals surface area contributed by atoms with Crippen molar-refractivity contribution in [2.45, 2.75) is 4.90 Å². The van der Waals surface area contributed by atoms with Gasteiger partial charge in [0, 0.05) is 23.6 Å². The van der Waals surface area contributed by atoms with E-state index < -0.39 is 15.9 Å². The van der Waals surface area contributed by atoms with E-state index in [2.05, 4.69) is 10.3 Å². The van der Waals surface area contributed by atoms with Crippen molar-refractivity contribution in [2.75, 3.05) is 33.7 Å². The third-order valence-electron chi connectivity index (χ3n) is 4.42. The fraction of sp³-hybridized carbons (Fsp3) is 0.200. The lowest BCUT2D eigenvalue weighted by Crippen LogP contribution is -2.25. The predicted octanol–water partition coefficient (Wildman–Crippen LogP) is 3.26. The van der Waals surface area contributed by atoms with Gasteiger partial charge < -0.3 is 9.47 Å². The zero-order valence-electron chi connectivity index (χ0n) is 17.3. The molecule has 3 rings (SSSR count). The van der Waals surface area contributed by atoms with Crippen molar-refractivity contribution in [2.24, 2.45) is 0 Å². The lowest BCUT2D eigenvalue weighted by atomic mass is 10.1. The van der Waals surface area contributed by atoms with Gasteiger partial charge >= 0.3 is 0 Å². The molecule has 1 amide bonds. The van der Waals surface area contributed by atoms with Crippen LogP contribution in [0.5, 0.6) is 11.5 Å². The molecule has 0 spiro atoms. The van der Waals surface area contributed by atoms with Crippen LogP contribution >= 0.6 is 11.3 Å². The first kappa shape index (κ1) is 22.7. The number of hydroxylamine groups is 1. The van der Waals surface area contributed by atoms with Crippen LogP contribution in [0.1, 0.15) is 10.4 Å². The molecule has 3 aromatic rings. The summed E-state index contributed by atoms with van der Waals surface area (Å²) in [7, 11) is 1.89. The number of nitrogens with one attached hydrogen (secondary N) is 1. The van der Waals surface area contributed by atoms with Crippen LogP contribution in [0.25, 0.3) is 11.3 Å². The Hall–Kier alpha value is -2.99. The number of anilines is 1. The molecule has 0 aliphatic rings. The Bertz CT molecular complexity index is 1180. The van der Waals surface area contributed by atoms with Crippen LogP contribution in [0, 0.1) is 0 Å². The van der Waals surface area contributed by atoms with E-state index in [0.29, 0.717) is 22.3 Å². The number of carbonyl (C=O) groups is 1. The number of rotatable bonds is 8. The number of amides is 1. The highest BCUT2D eigenvalue weighted by Gasteiger charge is 2.21. The molecule has 0 bridgehead atoms. The second kappa shape index (κ2) is 9.43. The number of sulfonamides is 1. The first-order valence-electron chi connectivity index (χ1n) is 8.92. The van der Waals surface area contributed by atoms with Gasteiger partial charge in [0.05, 0.1) is 31.9 Å². The quantitative estimate of drug-likeness (QED) is 0.511. The van der Waals surface area contributed by atoms with E-state index in [-0.39, 0.29) is 10.5 Å². The number of ether oxygens (including phenoxy) is 2. The van der Waals surface area contributed by atoms with Crippen LogP contribution in [0.2, 0.25) is 0 Å². The van der Waals surface area contributed by atoms with Crippen LogP contribution in [0.3, 0.4) is 0 Å². The highest BCUT2D eigenvalue weighted by molar-refractivity contribution is 7.89. The fourth-order valence-electron chi connectivity index (χ4n) is 2.66. The molecule has 1 N–H and O–H groups in total. The summed E-state index contributed by atoms with van der Waals surface area (Å²) >= 11 is 1.26. The van der Waals surface area contributed by atoms with Crippen molar-refractivity contribution >= 4 is 32.4 Å². The summed E-state index contributed by atoms with van der Waals surface area (Å²) in [6.07, 6.45) is 0. The number of nitrogens with zero attached hydrogens (tertiary/aromatic N) is 2. The molecule has 31 heavy (non-hydrogen) atoms. The Morgan fingerprint density at radius 2 is 1.77 bits per heavy atom. The van der Waals surface area contributed by atoms with Crippen LogP contribution < -0.4 is 14.8 Å². The van der Waals surface area contributed by atoms with Gasteiger partial charge in [0.15, 0.2) is 5.13 Å². The number of benzene rings is 2. The zero-order valence-corrected chi connectivity index (χ0v) is 18.9. The average molecular weight is 464 g/mol. The summed E-state index contributed by atoms with van der Waals surface area (Å²) in [5, 5.41) is 4.90. The van der Waals surface area contributed by atoms with E-state index in [4.69, 9.17) is 14.3 Å². The smallest absolute Gasteiger partial charge is 0.264 e. The molecule has 0 saturated carbocycles. The highest BCUT2D eigenvalue weighted by Crippen LogP contribution is 2.35. The van der Waals surface area contributed by atoms with Gasteiger partial charge in [0.2, 0.25) is 0 Å². The maximum absolute atomic E-state index is 12.6. The van der Waals surface area contributed by atoms with Gasteiger partial charge in [-0.1, -0.05) is 4.47 Å². The molecule has 2 aromatic carbocycles. The van der Waals surface area contributed by atoms with E-state index in [1.54, 1.807) is 37.8 Å². The van der Waals surface area contributed by atoms with Crippen molar-refractivity contribution in [3.8, 4) is 22.8 Å². The third kappa shape index (κ3) is 4.85. The Morgan fingerprint density at radius 1 is 1.06 bits per heavy atom. The fourth-order valence-corrected chi connectivity index (χ4v) is 4.34. The van der Waals surface area contributed by atoms with Crippen molar-refractivity contribution in [3.63, 3.8) is 0 Å². The molecule has 0 radical (unpaired) electrons. The number of methoxy groups -OCH3 is 2. The van der Waals surface area contributed by atoms with Crippen LogP contribution in [-0.2, 0) is 14.9 Å². The number of carbonyl (C=O) groups excluding carboxylic acids is 1. The van der Waals surface area contributed by atoms with Crippen LogP contribution in [-0.4, -0.2) is 52.2 Å². The third-order valence-corrected chi connectivity index (χ3v) is 6.87. The van der Waals surface area contributed by atoms with Crippen molar-refractivity contribution < 1.29 is 27.5 Å². The Balaban J connectivity index is 1.78. The largest absolute Gasteiger partial charge is 0.497 e. The first-order valence-corrected chi connectivity index (χ1v) is 11.2. The summed E-state index contributed by atoms with van der Waals surface area (Å²) in [6, 6.07) is 10.9. The monoisotopic (exact) mass is 463 g/mol. The van der Waals surface area contributed by atoms with Gasteiger partial charge in [-0.25, -0.2) is 13.4 Å². The van der Waals surface area contributed by atoms with Gasteiger partial charge in [-0.05, 0) is 42.5 Å². The predicted molar refractivity (Wildman–Crippen MR) is 117 cm³/mol. The number of thiazole rings is 1. The molecule has 1 heterocycles. The summed E-state index contributed by atoms with van der Waals surface area (Å²) in [5.41, 5.74) is 1.64. The molecule has 0 aliphatic heterocycles. The first-order chi connectivity index (χ1) is 14.8. The van der Waals surface area contributed by atoms with E-state index in [1.807, 2.05) is 0 Å². The van der Waals surface area contributed by atoms with E-state index >= 15 is 0 Å². The number of hydrogen-bond acceptors (Lipinski definition) is 8. The minimum Gasteiger partial charge on any atom is -0.497 e. The van der Waals surface area contributed by atoms with E-state index in [9.17, 15) is 13.2 Å². The highest BCUT2D eigenvalue weighted by atomic mass is 32.2. The summed E-state index contributed by atoms with van der Waals surface area (Å²) in [4.78, 5) is 21.8. The number of aromatic nitrogens is 1. The summed E-state index contributed by atoms with van der Waals surface area (Å²) < 4.78 is 35.9. The molecule has 0 atom stereocenters. The minimum atomic E-state index is -3.78. The van der Waals surface area contributed by atoms with Crippen molar-refractivity contribution in [3.05, 3.63) is 53.4 Å². The molecular weight excluding hydrogens is 442 g/mol. The molecule has 0 fully saturated rings. The van der Waals surface area contributed by atoms with Crippen molar-refractivity contribution in [1.29, 1.82) is 0 Å². The Kier molecular flexibility index (Phi) is 6.91. The second-order valence-electron chi connectivity index (χ2n) is 6.18. The standard InChI is InChI=1S/C20H21N3O6S2/c1-23(29-4)31(25,26)15-8-5-13(6-9-15)19(24)22-20-21-17(12-30-20)16-11-14(27-2)7-10-18(16)28-3/h5-12H,1-4H3,(H,21,22,24). The zero-order chi connectivity index (χ0) is 22.6. The van der Waals surface area contributed by atoms with Crippen LogP contribution in [0.4, 0.5) is 5.13 Å². The molecule has 0 aliphatic carbocycles. The van der Waals surface area contributed by atoms with Crippen molar-refractivity contribution in [1.82, 2.24) is 9.45 Å². The number of hydrogen-bond donors (Lipinski definition) is 1. The molecule has 11 heteroatoms. The summed E-state index contributed by atoms with van der Waals surface area (Å²) in [5.74, 6) is 0.868.